The number of ether oxygens (including phenoxy) is 4. The fourth-order valence-electron chi connectivity index (χ4n) is 2.92. The van der Waals surface area contributed by atoms with Gasteiger partial charge in [-0.3, -0.25) is 4.79 Å². The highest BCUT2D eigenvalue weighted by Crippen LogP contribution is 2.33. The first-order valence-electron chi connectivity index (χ1n) is 9.12. The molecule has 1 aliphatic rings. The van der Waals surface area contributed by atoms with Crippen molar-refractivity contribution in [3.05, 3.63) is 53.8 Å². The lowest BCUT2D eigenvalue weighted by molar-refractivity contribution is -0.119. The summed E-state index contributed by atoms with van der Waals surface area (Å²) in [4.78, 5) is 36.8. The molecule has 30 heavy (non-hydrogen) atoms. The van der Waals surface area contributed by atoms with Crippen LogP contribution in [0.3, 0.4) is 0 Å². The maximum atomic E-state index is 12.4. The van der Waals surface area contributed by atoms with Gasteiger partial charge in [0.15, 0.2) is 18.1 Å². The van der Waals surface area contributed by atoms with Gasteiger partial charge in [-0.25, -0.2) is 9.59 Å². The van der Waals surface area contributed by atoms with Crippen molar-refractivity contribution in [1.29, 1.82) is 0 Å². The minimum absolute atomic E-state index is 0.0810. The largest absolute Gasteiger partial charge is 0.460 e. The number of nitrogens with one attached hydrogen (secondary N) is 1. The van der Waals surface area contributed by atoms with Gasteiger partial charge in [0.05, 0.1) is 12.2 Å². The van der Waals surface area contributed by atoms with Crippen molar-refractivity contribution < 1.29 is 37.7 Å². The van der Waals surface area contributed by atoms with Crippen LogP contribution in [0, 0.1) is 0 Å². The van der Waals surface area contributed by atoms with Crippen LogP contribution in [0.5, 0.6) is 11.5 Å². The molecule has 1 N–H and O–H groups in total. The van der Waals surface area contributed by atoms with Crippen molar-refractivity contribution in [2.45, 2.75) is 6.92 Å². The molecule has 0 saturated carbocycles. The van der Waals surface area contributed by atoms with Crippen molar-refractivity contribution in [2.24, 2.45) is 0 Å². The highest BCUT2D eigenvalue weighted by atomic mass is 16.7. The predicted octanol–water partition coefficient (Wildman–Crippen LogP) is 3.13. The molecule has 0 unspecified atom stereocenters. The van der Waals surface area contributed by atoms with E-state index in [9.17, 15) is 14.4 Å². The van der Waals surface area contributed by atoms with Crippen molar-refractivity contribution in [3.8, 4) is 11.5 Å². The molecule has 9 nitrogen and oxygen atoms in total. The summed E-state index contributed by atoms with van der Waals surface area (Å²) >= 11 is 0. The minimum atomic E-state index is -0.707. The first kappa shape index (κ1) is 19.3. The number of benzene rings is 2. The standard InChI is InChI=1S/C21H17NO8/c1-2-26-21(25)19-18(13-5-3-4-6-14(13)30-19)22-17(23)10-27-20(24)12-7-8-15-16(9-12)29-11-28-15/h3-9H,2,10-11H2,1H3,(H,22,23). The van der Waals surface area contributed by atoms with Gasteiger partial charge in [0.25, 0.3) is 5.91 Å². The first-order chi connectivity index (χ1) is 14.6. The quantitative estimate of drug-likeness (QED) is 0.616. The van der Waals surface area contributed by atoms with E-state index in [1.165, 1.54) is 12.1 Å². The normalized spacial score (nSPS) is 11.9. The Balaban J connectivity index is 1.46. The smallest absolute Gasteiger partial charge is 0.376 e. The number of fused-ring (bicyclic) bond motifs is 2. The topological polar surface area (TPSA) is 113 Å². The molecule has 0 atom stereocenters. The van der Waals surface area contributed by atoms with Crippen LogP contribution in [0.2, 0.25) is 0 Å². The molecule has 2 heterocycles. The number of hydrogen-bond donors (Lipinski definition) is 1. The number of hydrogen-bond acceptors (Lipinski definition) is 8. The molecule has 4 rings (SSSR count). The summed E-state index contributed by atoms with van der Waals surface area (Å²) in [5, 5.41) is 3.09. The number of anilines is 1. The maximum absolute atomic E-state index is 12.4. The Hall–Kier alpha value is -4.01. The fraction of sp³-hybridized carbons (Fsp3) is 0.190. The van der Waals surface area contributed by atoms with E-state index in [-0.39, 0.29) is 30.4 Å². The lowest BCUT2D eigenvalue weighted by Gasteiger charge is -2.07. The fourth-order valence-corrected chi connectivity index (χ4v) is 2.92. The number of amides is 1. The zero-order chi connectivity index (χ0) is 21.1. The Morgan fingerprint density at radius 1 is 1.00 bits per heavy atom. The zero-order valence-electron chi connectivity index (χ0n) is 15.9. The molecule has 0 aliphatic carbocycles. The van der Waals surface area contributed by atoms with Crippen LogP contribution in [0.25, 0.3) is 11.0 Å². The third kappa shape index (κ3) is 3.77. The van der Waals surface area contributed by atoms with Crippen LogP contribution >= 0.6 is 0 Å². The van der Waals surface area contributed by atoms with E-state index in [1.807, 2.05) is 0 Å². The molecule has 9 heteroatoms. The maximum Gasteiger partial charge on any atom is 0.376 e. The molecule has 3 aromatic rings. The molecular formula is C21H17NO8. The van der Waals surface area contributed by atoms with Crippen LogP contribution in [0.4, 0.5) is 5.69 Å². The van der Waals surface area contributed by atoms with Gasteiger partial charge in [0, 0.05) is 5.39 Å². The Morgan fingerprint density at radius 3 is 2.63 bits per heavy atom. The van der Waals surface area contributed by atoms with Crippen LogP contribution in [-0.4, -0.2) is 37.9 Å². The molecule has 0 fully saturated rings. The summed E-state index contributed by atoms with van der Waals surface area (Å²) < 4.78 is 26.0. The second-order valence-corrected chi connectivity index (χ2v) is 6.22. The number of para-hydroxylation sites is 1. The molecule has 154 valence electrons. The molecule has 0 bridgehead atoms. The van der Waals surface area contributed by atoms with Gasteiger partial charge in [0.2, 0.25) is 12.6 Å². The molecule has 2 aromatic carbocycles. The van der Waals surface area contributed by atoms with Gasteiger partial charge >= 0.3 is 11.9 Å². The van der Waals surface area contributed by atoms with E-state index < -0.39 is 24.5 Å². The number of carbonyl (C=O) groups is 3. The molecule has 0 saturated heterocycles. The number of rotatable bonds is 6. The van der Waals surface area contributed by atoms with Crippen LogP contribution in [0.15, 0.2) is 46.9 Å². The van der Waals surface area contributed by atoms with E-state index in [1.54, 1.807) is 37.3 Å². The second kappa shape index (κ2) is 8.16. The molecule has 0 radical (unpaired) electrons. The molecule has 1 aromatic heterocycles. The van der Waals surface area contributed by atoms with Gasteiger partial charge in [-0.05, 0) is 37.3 Å². The summed E-state index contributed by atoms with van der Waals surface area (Å²) in [5.74, 6) is -1.22. The van der Waals surface area contributed by atoms with Gasteiger partial charge in [0.1, 0.15) is 11.3 Å². The summed E-state index contributed by atoms with van der Waals surface area (Å²) in [6.45, 7) is 1.33. The van der Waals surface area contributed by atoms with Crippen molar-refractivity contribution >= 4 is 34.5 Å². The van der Waals surface area contributed by atoms with E-state index in [0.717, 1.165) is 0 Å². The lowest BCUT2D eigenvalue weighted by Crippen LogP contribution is -2.22. The second-order valence-electron chi connectivity index (χ2n) is 6.22. The van der Waals surface area contributed by atoms with E-state index >= 15 is 0 Å². The third-order valence-corrected chi connectivity index (χ3v) is 4.26. The third-order valence-electron chi connectivity index (χ3n) is 4.26. The number of carbonyl (C=O) groups excluding carboxylic acids is 3. The summed E-state index contributed by atoms with van der Waals surface area (Å²) in [7, 11) is 0. The van der Waals surface area contributed by atoms with E-state index in [4.69, 9.17) is 23.4 Å². The van der Waals surface area contributed by atoms with Crippen LogP contribution in [-0.2, 0) is 14.3 Å². The number of esters is 2. The Morgan fingerprint density at radius 2 is 1.80 bits per heavy atom. The highest BCUT2D eigenvalue weighted by Gasteiger charge is 2.24. The average Bonchev–Trinajstić information content (AvgIpc) is 3.36. The predicted molar refractivity (Wildman–Crippen MR) is 104 cm³/mol. The van der Waals surface area contributed by atoms with Crippen molar-refractivity contribution in [1.82, 2.24) is 0 Å². The van der Waals surface area contributed by atoms with Crippen molar-refractivity contribution in [3.63, 3.8) is 0 Å². The van der Waals surface area contributed by atoms with E-state index in [2.05, 4.69) is 5.32 Å². The molecule has 1 amide bonds. The summed E-state index contributed by atoms with van der Waals surface area (Å²) in [6, 6.07) is 11.4. The van der Waals surface area contributed by atoms with Gasteiger partial charge in [-0.2, -0.15) is 0 Å². The zero-order valence-corrected chi connectivity index (χ0v) is 15.9. The minimum Gasteiger partial charge on any atom is -0.460 e. The van der Waals surface area contributed by atoms with Gasteiger partial charge < -0.3 is 28.7 Å². The Kier molecular flexibility index (Phi) is 5.25. The molecule has 1 aliphatic heterocycles. The van der Waals surface area contributed by atoms with Gasteiger partial charge in [-0.1, -0.05) is 12.1 Å². The van der Waals surface area contributed by atoms with Crippen LogP contribution in [0.1, 0.15) is 27.8 Å². The first-order valence-corrected chi connectivity index (χ1v) is 9.12. The van der Waals surface area contributed by atoms with Crippen molar-refractivity contribution in [2.75, 3.05) is 25.3 Å². The Labute approximate surface area is 170 Å². The average molecular weight is 411 g/mol. The lowest BCUT2D eigenvalue weighted by atomic mass is 10.2. The van der Waals surface area contributed by atoms with Gasteiger partial charge in [-0.15, -0.1) is 0 Å². The summed E-state index contributed by atoms with van der Waals surface area (Å²) in [5.41, 5.74) is 0.786. The monoisotopic (exact) mass is 411 g/mol. The highest BCUT2D eigenvalue weighted by molar-refractivity contribution is 6.10. The van der Waals surface area contributed by atoms with Crippen LogP contribution < -0.4 is 14.8 Å². The molecular weight excluding hydrogens is 394 g/mol. The number of furan rings is 1. The molecule has 0 spiro atoms. The summed E-state index contributed by atoms with van der Waals surface area (Å²) in [6.07, 6.45) is 0. The SMILES string of the molecule is CCOC(=O)c1oc2ccccc2c1NC(=O)COC(=O)c1ccc2c(c1)OCO2. The van der Waals surface area contributed by atoms with E-state index in [0.29, 0.717) is 22.5 Å². The Bertz CT molecular complexity index is 1130.